The second-order valence-corrected chi connectivity index (χ2v) is 7.89. The molecule has 2 aromatic heterocycles. The van der Waals surface area contributed by atoms with E-state index in [4.69, 9.17) is 16.3 Å². The molecule has 0 aliphatic heterocycles. The van der Waals surface area contributed by atoms with Gasteiger partial charge in [0.1, 0.15) is 18.2 Å². The molecule has 0 aliphatic rings. The van der Waals surface area contributed by atoms with E-state index >= 15 is 0 Å². The number of carbonyl (C=O) groups excluding carboxylic acids is 1. The largest absolute Gasteiger partial charge is 0.489 e. The van der Waals surface area contributed by atoms with E-state index in [2.05, 4.69) is 10.4 Å². The van der Waals surface area contributed by atoms with Crippen molar-refractivity contribution in [2.45, 2.75) is 13.2 Å². The predicted octanol–water partition coefficient (Wildman–Crippen LogP) is 5.62. The fraction of sp³-hybridized carbons (Fsp3) is 0.0909. The number of hydrogen-bond acceptors (Lipinski definition) is 4. The van der Waals surface area contributed by atoms with Crippen molar-refractivity contribution in [3.8, 4) is 5.75 Å². The zero-order chi connectivity index (χ0) is 20.9. The van der Waals surface area contributed by atoms with Crippen molar-refractivity contribution in [1.29, 1.82) is 0 Å². The summed E-state index contributed by atoms with van der Waals surface area (Å²) in [4.78, 5) is 13.0. The third-order valence-electron chi connectivity index (χ3n) is 4.22. The number of rotatable bonds is 7. The Bertz CT molecular complexity index is 1160. The predicted molar refractivity (Wildman–Crippen MR) is 116 cm³/mol. The number of aromatic nitrogens is 2. The van der Waals surface area contributed by atoms with Gasteiger partial charge in [-0.1, -0.05) is 29.8 Å². The van der Waals surface area contributed by atoms with E-state index in [1.54, 1.807) is 35.1 Å². The molecule has 0 saturated heterocycles. The van der Waals surface area contributed by atoms with Gasteiger partial charge in [-0.05, 0) is 41.3 Å². The highest BCUT2D eigenvalue weighted by Gasteiger charge is 2.12. The van der Waals surface area contributed by atoms with Crippen LogP contribution in [0.5, 0.6) is 5.75 Å². The van der Waals surface area contributed by atoms with Crippen LogP contribution < -0.4 is 10.1 Å². The van der Waals surface area contributed by atoms with Crippen molar-refractivity contribution in [2.75, 3.05) is 5.32 Å². The average molecular weight is 442 g/mol. The van der Waals surface area contributed by atoms with Crippen LogP contribution in [0.2, 0.25) is 5.02 Å². The molecule has 4 rings (SSSR count). The van der Waals surface area contributed by atoms with Gasteiger partial charge in [0.25, 0.3) is 5.91 Å². The highest BCUT2D eigenvalue weighted by Crippen LogP contribution is 2.20. The number of nitrogens with zero attached hydrogens (tertiary/aromatic N) is 2. The second-order valence-electron chi connectivity index (χ2n) is 6.54. The summed E-state index contributed by atoms with van der Waals surface area (Å²) in [6.07, 6.45) is 1.80. The summed E-state index contributed by atoms with van der Waals surface area (Å²) in [5.41, 5.74) is 1.89. The first-order valence-electron chi connectivity index (χ1n) is 9.10. The van der Waals surface area contributed by atoms with E-state index in [0.717, 1.165) is 11.1 Å². The molecule has 2 heterocycles. The fourth-order valence-electron chi connectivity index (χ4n) is 2.77. The van der Waals surface area contributed by atoms with Gasteiger partial charge in [-0.3, -0.25) is 9.48 Å². The molecular weight excluding hydrogens is 425 g/mol. The van der Waals surface area contributed by atoms with Crippen LogP contribution in [0.25, 0.3) is 0 Å². The molecule has 4 aromatic rings. The topological polar surface area (TPSA) is 56.2 Å². The minimum Gasteiger partial charge on any atom is -0.489 e. The molecule has 0 spiro atoms. The van der Waals surface area contributed by atoms with Crippen molar-refractivity contribution >= 4 is 34.7 Å². The normalized spacial score (nSPS) is 10.7. The van der Waals surface area contributed by atoms with Crippen molar-refractivity contribution < 1.29 is 13.9 Å². The number of hydrogen-bond donors (Lipinski definition) is 1. The Balaban J connectivity index is 1.33. The second kappa shape index (κ2) is 9.11. The van der Waals surface area contributed by atoms with Crippen LogP contribution in [0.4, 0.5) is 10.2 Å². The molecule has 0 atom stereocenters. The van der Waals surface area contributed by atoms with Gasteiger partial charge in [0.2, 0.25) is 0 Å². The monoisotopic (exact) mass is 441 g/mol. The van der Waals surface area contributed by atoms with Gasteiger partial charge >= 0.3 is 0 Å². The molecule has 5 nitrogen and oxygen atoms in total. The summed E-state index contributed by atoms with van der Waals surface area (Å²) in [5, 5.41) is 9.70. The van der Waals surface area contributed by atoms with E-state index in [1.165, 1.54) is 23.5 Å². The molecular formula is C22H17ClFN3O2S. The number of anilines is 1. The summed E-state index contributed by atoms with van der Waals surface area (Å²) in [6.45, 7) is 0.830. The lowest BCUT2D eigenvalue weighted by molar-refractivity contribution is 0.103. The zero-order valence-electron chi connectivity index (χ0n) is 15.7. The molecule has 0 aliphatic carbocycles. The third kappa shape index (κ3) is 5.25. The maximum atomic E-state index is 13.2. The molecule has 0 radical (unpaired) electrons. The van der Waals surface area contributed by atoms with Crippen LogP contribution in [0, 0.1) is 5.82 Å². The van der Waals surface area contributed by atoms with E-state index < -0.39 is 0 Å². The zero-order valence-corrected chi connectivity index (χ0v) is 17.3. The molecule has 30 heavy (non-hydrogen) atoms. The lowest BCUT2D eigenvalue weighted by atomic mass is 10.2. The number of halogens is 2. The Morgan fingerprint density at radius 2 is 1.97 bits per heavy atom. The number of benzene rings is 2. The van der Waals surface area contributed by atoms with Crippen molar-refractivity contribution in [1.82, 2.24) is 9.78 Å². The lowest BCUT2D eigenvalue weighted by Gasteiger charge is -2.04. The van der Waals surface area contributed by atoms with Gasteiger partial charge in [-0.2, -0.15) is 5.10 Å². The van der Waals surface area contributed by atoms with Crippen molar-refractivity contribution in [3.63, 3.8) is 0 Å². The lowest BCUT2D eigenvalue weighted by Crippen LogP contribution is -2.11. The first kappa shape index (κ1) is 20.1. The number of ether oxygens (including phenoxy) is 1. The quantitative estimate of drug-likeness (QED) is 0.405. The smallest absolute Gasteiger partial charge is 0.266 e. The van der Waals surface area contributed by atoms with Crippen LogP contribution in [0.15, 0.2) is 72.2 Å². The van der Waals surface area contributed by atoms with Crippen LogP contribution in [-0.2, 0) is 13.2 Å². The maximum absolute atomic E-state index is 13.2. The van der Waals surface area contributed by atoms with E-state index in [9.17, 15) is 9.18 Å². The average Bonchev–Trinajstić information content (AvgIpc) is 3.38. The van der Waals surface area contributed by atoms with Gasteiger partial charge < -0.3 is 10.1 Å². The van der Waals surface area contributed by atoms with Crippen LogP contribution >= 0.6 is 22.9 Å². The van der Waals surface area contributed by atoms with Crippen molar-refractivity contribution in [2.24, 2.45) is 0 Å². The molecule has 0 fully saturated rings. The molecule has 1 N–H and O–H groups in total. The summed E-state index contributed by atoms with van der Waals surface area (Å²) in [7, 11) is 0. The van der Waals surface area contributed by atoms with Crippen molar-refractivity contribution in [3.05, 3.63) is 99.1 Å². The molecule has 152 valence electrons. The minimum absolute atomic E-state index is 0.242. The Labute approximate surface area is 181 Å². The fourth-order valence-corrected chi connectivity index (χ4v) is 3.68. The highest BCUT2D eigenvalue weighted by atomic mass is 35.5. The standard InChI is InChI=1S/C22H17ClFN3O2S/c23-17-6-4-15(5-7-17)12-27-9-8-21(26-27)25-22(28)20-10-16(14-30-20)13-29-19-3-1-2-18(24)11-19/h1-11,14H,12-13H2,(H,25,26,28). The SMILES string of the molecule is O=C(Nc1ccn(Cc2ccc(Cl)cc2)n1)c1cc(COc2cccc(F)c2)cs1. The molecule has 8 heteroatoms. The third-order valence-corrected chi connectivity index (χ3v) is 5.45. The van der Waals surface area contributed by atoms with Gasteiger partial charge in [-0.15, -0.1) is 11.3 Å². The minimum atomic E-state index is -0.353. The number of carbonyl (C=O) groups is 1. The van der Waals surface area contributed by atoms with E-state index in [1.807, 2.05) is 29.6 Å². The Morgan fingerprint density at radius 3 is 2.77 bits per heavy atom. The van der Waals surface area contributed by atoms with Gasteiger partial charge in [-0.25, -0.2) is 4.39 Å². The Kier molecular flexibility index (Phi) is 6.11. The molecule has 1 amide bonds. The van der Waals surface area contributed by atoms with Gasteiger partial charge in [0.15, 0.2) is 5.82 Å². The maximum Gasteiger partial charge on any atom is 0.266 e. The molecule has 2 aromatic carbocycles. The van der Waals surface area contributed by atoms with Crippen LogP contribution in [0.1, 0.15) is 20.8 Å². The number of thiophene rings is 1. The molecule has 0 unspecified atom stereocenters. The van der Waals surface area contributed by atoms with E-state index in [-0.39, 0.29) is 18.3 Å². The van der Waals surface area contributed by atoms with Gasteiger partial charge in [0, 0.05) is 28.9 Å². The molecule has 0 bridgehead atoms. The van der Waals surface area contributed by atoms with Gasteiger partial charge in [0.05, 0.1) is 11.4 Å². The summed E-state index contributed by atoms with van der Waals surface area (Å²) in [6, 6.07) is 17.0. The molecule has 0 saturated carbocycles. The van der Waals surface area contributed by atoms with E-state index in [0.29, 0.717) is 28.0 Å². The Morgan fingerprint density at radius 1 is 1.13 bits per heavy atom. The van der Waals surface area contributed by atoms with Crippen LogP contribution in [-0.4, -0.2) is 15.7 Å². The first-order chi connectivity index (χ1) is 14.5. The highest BCUT2D eigenvalue weighted by molar-refractivity contribution is 7.12. The Hall–Kier alpha value is -3.16. The van der Waals surface area contributed by atoms with Crippen LogP contribution in [0.3, 0.4) is 0 Å². The summed E-state index contributed by atoms with van der Waals surface area (Å²) >= 11 is 7.21. The first-order valence-corrected chi connectivity index (χ1v) is 10.4. The summed E-state index contributed by atoms with van der Waals surface area (Å²) < 4.78 is 20.5. The number of nitrogens with one attached hydrogen (secondary N) is 1. The summed E-state index contributed by atoms with van der Waals surface area (Å²) in [5.74, 6) is 0.320. The number of amides is 1.